The molecule has 0 aliphatic carbocycles. The molecule has 43 heavy (non-hydrogen) atoms. The molecule has 0 saturated carbocycles. The number of fused-ring (bicyclic) bond motifs is 1. The average molecular weight is 623 g/mol. The van der Waals surface area contributed by atoms with Crippen molar-refractivity contribution in [2.24, 2.45) is 10.7 Å². The lowest BCUT2D eigenvalue weighted by atomic mass is 10.1. The number of nitrogens with one attached hydrogen (secondary N) is 2. The van der Waals surface area contributed by atoms with Gasteiger partial charge in [-0.15, -0.1) is 0 Å². The van der Waals surface area contributed by atoms with Gasteiger partial charge in [-0.25, -0.2) is 18.2 Å². The zero-order chi connectivity index (χ0) is 31.4. The van der Waals surface area contributed by atoms with Gasteiger partial charge in [-0.2, -0.15) is 13.2 Å². The van der Waals surface area contributed by atoms with E-state index < -0.39 is 39.8 Å². The normalized spacial score (nSPS) is 15.4. The fourth-order valence-corrected chi connectivity index (χ4v) is 5.67. The number of anilines is 1. The van der Waals surface area contributed by atoms with Crippen LogP contribution in [0.5, 0.6) is 0 Å². The highest BCUT2D eigenvalue weighted by Crippen LogP contribution is 2.25. The summed E-state index contributed by atoms with van der Waals surface area (Å²) < 4.78 is 62.3. The Bertz CT molecular complexity index is 1620. The highest BCUT2D eigenvalue weighted by molar-refractivity contribution is 7.91. The number of carboxylic acids is 1. The molecular formula is C28H33F3N6O5S. The Morgan fingerprint density at radius 3 is 2.47 bits per heavy atom. The monoisotopic (exact) mass is 622 g/mol. The number of rotatable bonds is 13. The number of benzene rings is 2. The number of alkyl halides is 3. The van der Waals surface area contributed by atoms with Crippen LogP contribution >= 0.6 is 0 Å². The summed E-state index contributed by atoms with van der Waals surface area (Å²) >= 11 is 0. The van der Waals surface area contributed by atoms with E-state index in [1.54, 1.807) is 33.7 Å². The zero-order valence-corrected chi connectivity index (χ0v) is 24.1. The van der Waals surface area contributed by atoms with Gasteiger partial charge >= 0.3 is 12.1 Å². The van der Waals surface area contributed by atoms with E-state index in [0.717, 1.165) is 10.9 Å². The van der Waals surface area contributed by atoms with Gasteiger partial charge in [0, 0.05) is 42.3 Å². The van der Waals surface area contributed by atoms with Gasteiger partial charge in [-0.3, -0.25) is 0 Å². The summed E-state index contributed by atoms with van der Waals surface area (Å²) in [7, 11) is -4.39. The van der Waals surface area contributed by atoms with Crippen molar-refractivity contribution in [1.82, 2.24) is 14.8 Å². The maximum atomic E-state index is 12.4. The highest BCUT2D eigenvalue weighted by atomic mass is 32.2. The number of hydrogen-bond acceptors (Lipinski definition) is 9. The van der Waals surface area contributed by atoms with Crippen LogP contribution in [-0.4, -0.2) is 83.6 Å². The summed E-state index contributed by atoms with van der Waals surface area (Å²) in [6.07, 6.45) is -1.75. The number of aromatic nitrogens is 1. The van der Waals surface area contributed by atoms with Gasteiger partial charge in [0.25, 0.3) is 0 Å². The SMILES string of the molecule is CC(Cc1ccc2c(c1)cc(C(=O)O)n2Cc1ccc(NCS(=O)(=O)CC(F)(F)F)cc1)NCC(O)N1C=NC(N)=CC1. The third-order valence-corrected chi connectivity index (χ3v) is 8.15. The molecule has 11 nitrogen and oxygen atoms in total. The molecule has 0 spiro atoms. The molecule has 15 heteroatoms. The molecule has 0 fully saturated rings. The fourth-order valence-electron chi connectivity index (χ4n) is 4.69. The van der Waals surface area contributed by atoms with Crippen LogP contribution in [-0.2, 0) is 22.8 Å². The summed E-state index contributed by atoms with van der Waals surface area (Å²) in [4.78, 5) is 17.7. The topological polar surface area (TPSA) is 162 Å². The van der Waals surface area contributed by atoms with E-state index in [4.69, 9.17) is 5.73 Å². The van der Waals surface area contributed by atoms with E-state index in [9.17, 15) is 36.6 Å². The van der Waals surface area contributed by atoms with E-state index >= 15 is 0 Å². The van der Waals surface area contributed by atoms with Crippen molar-refractivity contribution < 1.29 is 36.6 Å². The number of nitrogens with zero attached hydrogens (tertiary/aromatic N) is 3. The predicted molar refractivity (Wildman–Crippen MR) is 157 cm³/mol. The van der Waals surface area contributed by atoms with Gasteiger partial charge in [-0.1, -0.05) is 18.2 Å². The highest BCUT2D eigenvalue weighted by Gasteiger charge is 2.34. The van der Waals surface area contributed by atoms with Crippen LogP contribution in [0.3, 0.4) is 0 Å². The Morgan fingerprint density at radius 2 is 1.84 bits per heavy atom. The van der Waals surface area contributed by atoms with Crippen molar-refractivity contribution in [1.29, 1.82) is 0 Å². The first-order valence-corrected chi connectivity index (χ1v) is 15.1. The number of carboxylic acid groups (broad SMARTS) is 1. The second-order valence-electron chi connectivity index (χ2n) is 10.4. The minimum atomic E-state index is -4.82. The summed E-state index contributed by atoms with van der Waals surface area (Å²) in [6, 6.07) is 13.6. The van der Waals surface area contributed by atoms with Gasteiger partial charge < -0.3 is 36.0 Å². The van der Waals surface area contributed by atoms with Gasteiger partial charge in [-0.05, 0) is 60.9 Å². The first-order valence-electron chi connectivity index (χ1n) is 13.3. The summed E-state index contributed by atoms with van der Waals surface area (Å²) in [5, 5.41) is 26.8. The van der Waals surface area contributed by atoms with Crippen molar-refractivity contribution in [2.75, 3.05) is 30.0 Å². The van der Waals surface area contributed by atoms with Crippen molar-refractivity contribution in [3.8, 4) is 0 Å². The third-order valence-electron chi connectivity index (χ3n) is 6.80. The number of aliphatic imine (C=N–C) groups is 1. The number of sulfone groups is 1. The lowest BCUT2D eigenvalue weighted by molar-refractivity contribution is -0.106. The Morgan fingerprint density at radius 1 is 1.14 bits per heavy atom. The lowest BCUT2D eigenvalue weighted by Gasteiger charge is -2.27. The summed E-state index contributed by atoms with van der Waals surface area (Å²) in [5.74, 6) is -3.47. The maximum Gasteiger partial charge on any atom is 0.402 e. The van der Waals surface area contributed by atoms with Crippen molar-refractivity contribution in [3.05, 3.63) is 77.2 Å². The molecule has 1 aromatic heterocycles. The number of aliphatic hydroxyl groups is 1. The van der Waals surface area contributed by atoms with Crippen LogP contribution in [0, 0.1) is 0 Å². The van der Waals surface area contributed by atoms with Crippen LogP contribution in [0.4, 0.5) is 18.9 Å². The largest absolute Gasteiger partial charge is 0.477 e. The van der Waals surface area contributed by atoms with Crippen molar-refractivity contribution in [3.63, 3.8) is 0 Å². The molecule has 0 radical (unpaired) electrons. The lowest BCUT2D eigenvalue weighted by Crippen LogP contribution is -2.45. The number of halogens is 3. The van der Waals surface area contributed by atoms with E-state index in [0.29, 0.717) is 42.1 Å². The van der Waals surface area contributed by atoms with Crippen LogP contribution < -0.4 is 16.4 Å². The molecule has 232 valence electrons. The van der Waals surface area contributed by atoms with Crippen molar-refractivity contribution >= 4 is 38.7 Å². The molecule has 2 atom stereocenters. The number of aromatic carboxylic acids is 1. The minimum Gasteiger partial charge on any atom is -0.477 e. The van der Waals surface area contributed by atoms with Crippen LogP contribution in [0.25, 0.3) is 10.9 Å². The van der Waals surface area contributed by atoms with Gasteiger partial charge in [0.05, 0.1) is 6.34 Å². The second kappa shape index (κ2) is 13.1. The van der Waals surface area contributed by atoms with Gasteiger partial charge in [0.15, 0.2) is 9.84 Å². The van der Waals surface area contributed by atoms with Crippen LogP contribution in [0.1, 0.15) is 28.5 Å². The van der Waals surface area contributed by atoms with E-state index in [2.05, 4.69) is 15.6 Å². The Balaban J connectivity index is 1.40. The first-order chi connectivity index (χ1) is 20.2. The van der Waals surface area contributed by atoms with E-state index in [-0.39, 0.29) is 18.3 Å². The second-order valence-corrected chi connectivity index (χ2v) is 12.5. The molecule has 2 aromatic carbocycles. The Hall–Kier alpha value is -4.08. The summed E-state index contributed by atoms with van der Waals surface area (Å²) in [6.45, 7) is 2.95. The maximum absolute atomic E-state index is 12.4. The molecular weight excluding hydrogens is 589 g/mol. The number of aliphatic hydroxyl groups excluding tert-OH is 1. The van der Waals surface area contributed by atoms with Gasteiger partial charge in [0.2, 0.25) is 0 Å². The minimum absolute atomic E-state index is 0.00560. The number of nitrogens with two attached hydrogens (primary N) is 1. The predicted octanol–water partition coefficient (Wildman–Crippen LogP) is 2.72. The smallest absolute Gasteiger partial charge is 0.402 e. The molecule has 2 unspecified atom stereocenters. The zero-order valence-electron chi connectivity index (χ0n) is 23.3. The summed E-state index contributed by atoms with van der Waals surface area (Å²) in [5.41, 5.74) is 8.40. The molecule has 2 heterocycles. The molecule has 0 bridgehead atoms. The first kappa shape index (κ1) is 31.8. The molecule has 3 aromatic rings. The molecule has 1 aliphatic rings. The molecule has 6 N–H and O–H groups in total. The molecule has 0 saturated heterocycles. The van der Waals surface area contributed by atoms with Crippen LogP contribution in [0.2, 0.25) is 0 Å². The average Bonchev–Trinajstić information content (AvgIpc) is 3.28. The fraction of sp³-hybridized carbons (Fsp3) is 0.357. The Kier molecular flexibility index (Phi) is 9.67. The van der Waals surface area contributed by atoms with Gasteiger partial charge in [0.1, 0.15) is 29.4 Å². The molecule has 1 aliphatic heterocycles. The van der Waals surface area contributed by atoms with E-state index in [1.165, 1.54) is 18.5 Å². The number of hydrogen-bond donors (Lipinski definition) is 5. The standard InChI is InChI=1S/C28H33F3N6O5S/c1-18(33-13-26(38)36-9-8-25(32)34-16-36)10-20-4-7-23-21(11-20)12-24(27(39)40)37(23)14-19-2-5-22(6-3-19)35-17-43(41,42)15-28(29,30)31/h2-8,11-12,16,18,26,33,35,38H,9-10,13-15,17,32H2,1H3,(H,39,40). The molecule has 0 amide bonds. The quantitative estimate of drug-likeness (QED) is 0.193. The van der Waals surface area contributed by atoms with Crippen molar-refractivity contribution in [2.45, 2.75) is 38.3 Å². The van der Waals surface area contributed by atoms with E-state index in [1.807, 2.05) is 25.1 Å². The number of carbonyl (C=O) groups is 1. The van der Waals surface area contributed by atoms with Crippen LogP contribution in [0.15, 0.2) is 65.4 Å². The third kappa shape index (κ3) is 8.95. The molecule has 4 rings (SSSR count). The Labute approximate surface area is 246 Å².